The largest absolute Gasteiger partial charge is 0.480 e. The maximum absolute atomic E-state index is 13.9. The van der Waals surface area contributed by atoms with Crippen molar-refractivity contribution in [3.63, 3.8) is 0 Å². The normalized spacial score (nSPS) is 16.3. The van der Waals surface area contributed by atoms with Crippen LogP contribution in [0.15, 0.2) is 81.9 Å². The Morgan fingerprint density at radius 2 is 1.19 bits per heavy atom. The highest BCUT2D eigenvalue weighted by Crippen LogP contribution is 2.36. The number of Topliss-reactive ketones (excluding diaryl/α,β-unsaturated/α-hetero) is 2. The number of alkyl halides is 2. The maximum atomic E-state index is 13.9. The van der Waals surface area contributed by atoms with Crippen LogP contribution in [0.4, 0.5) is 8.78 Å². The number of carbonyl (C=O) groups excluding carboxylic acids is 4. The average Bonchev–Trinajstić information content (AvgIpc) is 4.13. The predicted molar refractivity (Wildman–Crippen MR) is 268 cm³/mol. The summed E-state index contributed by atoms with van der Waals surface area (Å²) in [5, 5.41) is 11.0. The molecule has 2 aliphatic heterocycles. The smallest absolute Gasteiger partial charge is 0.262 e. The van der Waals surface area contributed by atoms with Crippen molar-refractivity contribution in [3.05, 3.63) is 84.8 Å². The maximum Gasteiger partial charge on any atom is 0.262 e. The lowest BCUT2D eigenvalue weighted by Gasteiger charge is -2.27. The van der Waals surface area contributed by atoms with Crippen LogP contribution in [0.2, 0.25) is 0 Å². The molecule has 0 saturated carbocycles. The molecule has 4 aromatic heterocycles. The van der Waals surface area contributed by atoms with Crippen molar-refractivity contribution in [1.82, 2.24) is 40.8 Å². The molecule has 0 bridgehead atoms. The summed E-state index contributed by atoms with van der Waals surface area (Å²) < 4.78 is 51.1. The van der Waals surface area contributed by atoms with Crippen molar-refractivity contribution >= 4 is 45.2 Å². The topological polar surface area (TPSA) is 204 Å². The fraction of sp³-hybridized carbons (Fsp3) is 0.481. The van der Waals surface area contributed by atoms with E-state index in [1.54, 1.807) is 19.5 Å². The first-order chi connectivity index (χ1) is 34.8. The number of benzene rings is 2. The monoisotopic (exact) mass is 992 g/mol. The van der Waals surface area contributed by atoms with E-state index in [-0.39, 0.29) is 35.3 Å². The number of fused-ring (bicyclic) bond motifs is 2. The minimum atomic E-state index is -2.91. The SMILES string of the molecule is CCC(=O)CCCCC[C@H](NC(=O)C1CNC1)c1ncc(-c2cc3ccccc3nc2OC)o1.CCC(=O)CCCCC[C@H](NC(=O)[C@@H]1CC(F)(F)CN1C)c1ncc(-c2cc3ccccc3nc2OC)o1. The Kier molecular flexibility index (Phi) is 18.6. The number of unbranched alkanes of at least 4 members (excludes halogenated alkanes) is 4. The van der Waals surface area contributed by atoms with Crippen LogP contribution in [-0.2, 0) is 19.2 Å². The Hall–Kier alpha value is -6.66. The van der Waals surface area contributed by atoms with Gasteiger partial charge in [-0.3, -0.25) is 24.1 Å². The number of ether oxygens (including phenoxy) is 2. The number of amides is 2. The molecule has 6 heterocycles. The Morgan fingerprint density at radius 3 is 1.61 bits per heavy atom. The highest BCUT2D eigenvalue weighted by atomic mass is 19.3. The number of nitrogens with one attached hydrogen (secondary N) is 3. The van der Waals surface area contributed by atoms with Gasteiger partial charge >= 0.3 is 0 Å². The quantitative estimate of drug-likeness (QED) is 0.0484. The standard InChI is InChI=1S/C28H34F2N4O4.C26H32N4O4/c1-4-19(35)11-6-5-7-13-22(32-25(36)23-15-28(29,30)17-34(23)2)27-31-16-24(38-27)20-14-18-10-8-9-12-21(18)33-26(20)37-3;1-3-19(31)10-5-4-6-12-22(29-24(32)18-14-27-15-18)26-28-16-23(34-26)20-13-17-9-7-8-11-21(17)30-25(20)33-2/h8-10,12,14,16,22-23H,4-7,11,13,15,17H2,1-3H3,(H,32,36);7-9,11,13,16,18,22,27H,3-6,10,12,14-15H2,1-2H3,(H,29,32)/t22-,23-;22-/m00/s1. The van der Waals surface area contributed by atoms with Crippen molar-refractivity contribution in [1.29, 1.82) is 0 Å². The first-order valence-corrected chi connectivity index (χ1v) is 25.0. The summed E-state index contributed by atoms with van der Waals surface area (Å²) in [4.78, 5) is 68.3. The van der Waals surface area contributed by atoms with Gasteiger partial charge in [-0.15, -0.1) is 0 Å². The number of rotatable bonds is 24. The summed E-state index contributed by atoms with van der Waals surface area (Å²) in [7, 11) is 4.63. The van der Waals surface area contributed by atoms with Crippen LogP contribution >= 0.6 is 0 Å². The number of likely N-dealkylation sites (N-methyl/N-ethyl adjacent to an activating group) is 1. The first-order valence-electron chi connectivity index (χ1n) is 25.0. The number of halogens is 2. The highest BCUT2D eigenvalue weighted by molar-refractivity contribution is 5.86. The number of aromatic nitrogens is 4. The molecular formula is C54H66F2N8O8. The average molecular weight is 993 g/mol. The number of oxazole rings is 2. The number of likely N-dealkylation sites (tertiary alicyclic amines) is 1. The number of hydrogen-bond donors (Lipinski definition) is 3. The van der Waals surface area contributed by atoms with E-state index >= 15 is 0 Å². The third kappa shape index (κ3) is 13.8. The molecule has 0 spiro atoms. The van der Waals surface area contributed by atoms with Crippen LogP contribution < -0.4 is 25.4 Å². The molecule has 72 heavy (non-hydrogen) atoms. The van der Waals surface area contributed by atoms with Crippen LogP contribution in [0, 0.1) is 5.92 Å². The lowest BCUT2D eigenvalue weighted by Crippen LogP contribution is -2.51. The molecule has 8 rings (SSSR count). The van der Waals surface area contributed by atoms with E-state index < -0.39 is 36.9 Å². The van der Waals surface area contributed by atoms with Crippen LogP contribution in [0.25, 0.3) is 44.5 Å². The molecule has 0 unspecified atom stereocenters. The molecule has 2 aliphatic rings. The molecule has 3 N–H and O–H groups in total. The van der Waals surface area contributed by atoms with Gasteiger partial charge in [-0.05, 0) is 57.0 Å². The zero-order valence-electron chi connectivity index (χ0n) is 41.8. The summed E-state index contributed by atoms with van der Waals surface area (Å²) >= 11 is 0. The van der Waals surface area contributed by atoms with Crippen molar-refractivity contribution in [2.75, 3.05) is 40.9 Å². The number of ketones is 2. The van der Waals surface area contributed by atoms with Gasteiger partial charge < -0.3 is 34.3 Å². The molecule has 2 saturated heterocycles. The second-order valence-corrected chi connectivity index (χ2v) is 18.6. The van der Waals surface area contributed by atoms with Crippen LogP contribution in [0.1, 0.15) is 121 Å². The van der Waals surface area contributed by atoms with E-state index in [1.807, 2.05) is 74.5 Å². The molecule has 0 radical (unpaired) electrons. The second-order valence-electron chi connectivity index (χ2n) is 18.6. The summed E-state index contributed by atoms with van der Waals surface area (Å²) in [5.74, 6) is -0.349. The molecular weight excluding hydrogens is 927 g/mol. The minimum absolute atomic E-state index is 0.00890. The molecule has 6 aromatic rings. The number of hydrogen-bond acceptors (Lipinski definition) is 14. The summed E-state index contributed by atoms with van der Waals surface area (Å²) in [5.41, 5.74) is 2.94. The van der Waals surface area contributed by atoms with Gasteiger partial charge in [-0.1, -0.05) is 75.9 Å². The molecule has 2 aromatic carbocycles. The second kappa shape index (κ2) is 25.1. The molecule has 3 atom stereocenters. The fourth-order valence-electron chi connectivity index (χ4n) is 8.87. The number of methoxy groups -OCH3 is 2. The fourth-order valence-corrected chi connectivity index (χ4v) is 8.87. The Bertz CT molecular complexity index is 2790. The first kappa shape index (κ1) is 53.1. The van der Waals surface area contributed by atoms with E-state index in [4.69, 9.17) is 18.3 Å². The van der Waals surface area contributed by atoms with E-state index in [2.05, 4.69) is 35.9 Å². The predicted octanol–water partition coefficient (Wildman–Crippen LogP) is 9.53. The van der Waals surface area contributed by atoms with Gasteiger partial charge in [-0.2, -0.15) is 0 Å². The lowest BCUT2D eigenvalue weighted by atomic mass is 10.0. The van der Waals surface area contributed by atoms with Crippen molar-refractivity contribution in [2.24, 2.45) is 5.92 Å². The van der Waals surface area contributed by atoms with Gasteiger partial charge in [0.05, 0.1) is 67.3 Å². The number of nitrogens with zero attached hydrogens (tertiary/aromatic N) is 5. The van der Waals surface area contributed by atoms with Gasteiger partial charge in [0.1, 0.15) is 23.7 Å². The van der Waals surface area contributed by atoms with E-state index in [0.717, 1.165) is 53.9 Å². The summed E-state index contributed by atoms with van der Waals surface area (Å²) in [6.45, 7) is 4.66. The zero-order chi connectivity index (χ0) is 51.2. The van der Waals surface area contributed by atoms with Crippen molar-refractivity contribution < 1.29 is 46.3 Å². The van der Waals surface area contributed by atoms with Gasteiger partial charge in [0.2, 0.25) is 35.4 Å². The van der Waals surface area contributed by atoms with Gasteiger partial charge in [0.25, 0.3) is 5.92 Å². The number of para-hydroxylation sites is 2. The highest BCUT2D eigenvalue weighted by Gasteiger charge is 2.46. The van der Waals surface area contributed by atoms with Gasteiger partial charge in [0, 0.05) is 56.0 Å². The van der Waals surface area contributed by atoms with Gasteiger partial charge in [0.15, 0.2) is 11.5 Å². The van der Waals surface area contributed by atoms with Crippen LogP contribution in [0.5, 0.6) is 11.8 Å². The van der Waals surface area contributed by atoms with E-state index in [9.17, 15) is 28.0 Å². The lowest BCUT2D eigenvalue weighted by molar-refractivity contribution is -0.127. The molecule has 16 nitrogen and oxygen atoms in total. The molecule has 2 amide bonds. The molecule has 18 heteroatoms. The third-order valence-corrected chi connectivity index (χ3v) is 13.2. The minimum Gasteiger partial charge on any atom is -0.480 e. The molecule has 0 aliphatic carbocycles. The molecule has 2 fully saturated rings. The van der Waals surface area contributed by atoms with Crippen molar-refractivity contribution in [2.45, 2.75) is 121 Å². The Morgan fingerprint density at radius 1 is 0.722 bits per heavy atom. The van der Waals surface area contributed by atoms with Crippen molar-refractivity contribution in [3.8, 4) is 34.4 Å². The Labute approximate surface area is 418 Å². The van der Waals surface area contributed by atoms with Crippen LogP contribution in [-0.4, -0.2) is 101 Å². The number of pyridine rings is 2. The summed E-state index contributed by atoms with van der Waals surface area (Å²) in [6, 6.07) is 17.4. The third-order valence-electron chi connectivity index (χ3n) is 13.2. The zero-order valence-corrected chi connectivity index (χ0v) is 41.8. The molecule has 384 valence electrons. The summed E-state index contributed by atoms with van der Waals surface area (Å²) in [6.07, 6.45) is 11.0. The Balaban J connectivity index is 0.000000213. The number of carbonyl (C=O) groups is 4. The van der Waals surface area contributed by atoms with Gasteiger partial charge in [-0.25, -0.2) is 28.7 Å². The van der Waals surface area contributed by atoms with Crippen LogP contribution in [0.3, 0.4) is 0 Å². The van der Waals surface area contributed by atoms with E-state index in [1.165, 1.54) is 19.1 Å². The van der Waals surface area contributed by atoms with E-state index in [0.29, 0.717) is 98.3 Å².